The number of aromatic nitrogens is 1. The fourth-order valence-electron chi connectivity index (χ4n) is 1.20. The van der Waals surface area contributed by atoms with Crippen LogP contribution >= 0.6 is 0 Å². The summed E-state index contributed by atoms with van der Waals surface area (Å²) >= 11 is 0. The van der Waals surface area contributed by atoms with Gasteiger partial charge in [-0.3, -0.25) is 4.79 Å². The molecule has 15 heavy (non-hydrogen) atoms. The predicted octanol–water partition coefficient (Wildman–Crippen LogP) is 0.670. The third kappa shape index (κ3) is 3.02. The number of hydrogen-bond acceptors (Lipinski definition) is 2. The largest absolute Gasteiger partial charge is 0.342 e. The zero-order valence-corrected chi connectivity index (χ0v) is 9.43. The van der Waals surface area contributed by atoms with Gasteiger partial charge in [0.25, 0.3) is 12.6 Å². The average molecular weight is 209 g/mol. The first-order valence-electron chi connectivity index (χ1n) is 4.92. The molecule has 0 saturated carbocycles. The van der Waals surface area contributed by atoms with E-state index in [4.69, 9.17) is 4.74 Å². The number of hydrogen-bond donors (Lipinski definition) is 0. The Morgan fingerprint density at radius 1 is 1.47 bits per heavy atom. The highest BCUT2D eigenvalue weighted by Gasteiger charge is 2.11. The molecular formula is C11H17N2O2+. The van der Waals surface area contributed by atoms with E-state index in [1.54, 1.807) is 31.2 Å². The van der Waals surface area contributed by atoms with Gasteiger partial charge in [-0.2, -0.15) is 4.57 Å². The van der Waals surface area contributed by atoms with Gasteiger partial charge >= 0.3 is 0 Å². The minimum atomic E-state index is 0.0436. The molecule has 1 rings (SSSR count). The van der Waals surface area contributed by atoms with Crippen LogP contribution in [0.3, 0.4) is 0 Å². The van der Waals surface area contributed by atoms with Crippen molar-refractivity contribution >= 4 is 5.91 Å². The molecule has 0 aliphatic heterocycles. The van der Waals surface area contributed by atoms with Crippen molar-refractivity contribution in [1.82, 2.24) is 4.90 Å². The first kappa shape index (κ1) is 11.7. The van der Waals surface area contributed by atoms with E-state index in [1.165, 1.54) is 0 Å². The lowest BCUT2D eigenvalue weighted by atomic mass is 10.2. The van der Waals surface area contributed by atoms with Crippen molar-refractivity contribution in [2.45, 2.75) is 13.7 Å². The zero-order chi connectivity index (χ0) is 11.3. The first-order chi connectivity index (χ1) is 7.19. The topological polar surface area (TPSA) is 33.4 Å². The van der Waals surface area contributed by atoms with E-state index in [-0.39, 0.29) is 5.91 Å². The Morgan fingerprint density at radius 3 is 2.53 bits per heavy atom. The molecule has 0 N–H and O–H groups in total. The third-order valence-corrected chi connectivity index (χ3v) is 2.24. The molecule has 0 bridgehead atoms. The van der Waals surface area contributed by atoms with Gasteiger partial charge in [-0.1, -0.05) is 0 Å². The van der Waals surface area contributed by atoms with Gasteiger partial charge in [0.2, 0.25) is 0 Å². The van der Waals surface area contributed by atoms with Crippen LogP contribution in [0.25, 0.3) is 0 Å². The molecule has 0 atom stereocenters. The first-order valence-corrected chi connectivity index (χ1v) is 4.92. The molecule has 0 aliphatic rings. The maximum absolute atomic E-state index is 11.7. The lowest BCUT2D eigenvalue weighted by Gasteiger charge is -2.13. The van der Waals surface area contributed by atoms with Crippen LogP contribution in [0.2, 0.25) is 0 Å². The summed E-state index contributed by atoms with van der Waals surface area (Å²) in [5, 5.41) is 0. The van der Waals surface area contributed by atoms with E-state index in [2.05, 4.69) is 0 Å². The van der Waals surface area contributed by atoms with Gasteiger partial charge in [-0.05, 0) is 6.92 Å². The fraction of sp³-hybridized carbons (Fsp3) is 0.455. The normalized spacial score (nSPS) is 10.1. The van der Waals surface area contributed by atoms with Crippen molar-refractivity contribution in [3.05, 3.63) is 30.1 Å². The van der Waals surface area contributed by atoms with Gasteiger partial charge in [-0.25, -0.2) is 0 Å². The predicted molar refractivity (Wildman–Crippen MR) is 56.3 cm³/mol. The monoisotopic (exact) mass is 209 g/mol. The minimum Gasteiger partial charge on any atom is -0.342 e. The maximum atomic E-state index is 11.7. The molecule has 0 spiro atoms. The molecule has 0 fully saturated rings. The standard InChI is InChI=1S/C11H17N2O2/c1-4-12(2)11(14)10-5-7-13(8-6-10)9-15-3/h5-8H,4,9H2,1-3H3/q+1. The molecule has 1 heterocycles. The summed E-state index contributed by atoms with van der Waals surface area (Å²) in [7, 11) is 3.43. The van der Waals surface area contributed by atoms with Gasteiger partial charge in [0.05, 0.1) is 5.56 Å². The Hall–Kier alpha value is -1.42. The highest BCUT2D eigenvalue weighted by Crippen LogP contribution is 2.00. The SMILES string of the molecule is CCN(C)C(=O)c1cc[n+](COC)cc1. The van der Waals surface area contributed by atoms with Crippen LogP contribution in [-0.2, 0) is 11.5 Å². The maximum Gasteiger partial charge on any atom is 0.254 e. The Bertz CT molecular complexity index is 322. The summed E-state index contributed by atoms with van der Waals surface area (Å²) < 4.78 is 6.83. The Morgan fingerprint density at radius 2 is 2.07 bits per heavy atom. The number of methoxy groups -OCH3 is 1. The highest BCUT2D eigenvalue weighted by molar-refractivity contribution is 5.93. The van der Waals surface area contributed by atoms with Crippen molar-refractivity contribution in [3.63, 3.8) is 0 Å². The lowest BCUT2D eigenvalue weighted by Crippen LogP contribution is -2.34. The van der Waals surface area contributed by atoms with E-state index in [0.717, 1.165) is 0 Å². The molecule has 1 amide bonds. The number of nitrogens with zero attached hydrogens (tertiary/aromatic N) is 2. The molecular weight excluding hydrogens is 192 g/mol. The lowest BCUT2D eigenvalue weighted by molar-refractivity contribution is -0.731. The molecule has 0 aliphatic carbocycles. The molecule has 0 saturated heterocycles. The third-order valence-electron chi connectivity index (χ3n) is 2.24. The minimum absolute atomic E-state index is 0.0436. The Kier molecular flexibility index (Phi) is 4.24. The molecule has 0 aromatic carbocycles. The molecule has 0 unspecified atom stereocenters. The van der Waals surface area contributed by atoms with Crippen LogP contribution in [0.5, 0.6) is 0 Å². The van der Waals surface area contributed by atoms with E-state index in [9.17, 15) is 4.79 Å². The molecule has 1 aromatic rings. The molecule has 0 radical (unpaired) electrons. The van der Waals surface area contributed by atoms with Crippen molar-refractivity contribution in [1.29, 1.82) is 0 Å². The Balaban J connectivity index is 2.75. The summed E-state index contributed by atoms with van der Waals surface area (Å²) in [6.07, 6.45) is 3.67. The van der Waals surface area contributed by atoms with E-state index >= 15 is 0 Å². The van der Waals surface area contributed by atoms with Crippen LogP contribution < -0.4 is 4.57 Å². The smallest absolute Gasteiger partial charge is 0.254 e. The number of carbonyl (C=O) groups is 1. The van der Waals surface area contributed by atoms with Crippen LogP contribution in [0.15, 0.2) is 24.5 Å². The quantitative estimate of drug-likeness (QED) is 0.683. The summed E-state index contributed by atoms with van der Waals surface area (Å²) in [6.45, 7) is 3.16. The van der Waals surface area contributed by atoms with Gasteiger partial charge < -0.3 is 9.64 Å². The van der Waals surface area contributed by atoms with E-state index in [0.29, 0.717) is 18.8 Å². The van der Waals surface area contributed by atoms with Crippen LogP contribution in [-0.4, -0.2) is 31.5 Å². The molecule has 82 valence electrons. The Labute approximate surface area is 90.1 Å². The van der Waals surface area contributed by atoms with E-state index < -0.39 is 0 Å². The van der Waals surface area contributed by atoms with Gasteiger partial charge in [0.15, 0.2) is 12.4 Å². The summed E-state index contributed by atoms with van der Waals surface area (Å²) in [4.78, 5) is 13.4. The fourth-order valence-corrected chi connectivity index (χ4v) is 1.20. The second-order valence-electron chi connectivity index (χ2n) is 3.34. The van der Waals surface area contributed by atoms with Gasteiger partial charge in [0.1, 0.15) is 0 Å². The number of carbonyl (C=O) groups excluding carboxylic acids is 1. The second-order valence-corrected chi connectivity index (χ2v) is 3.34. The van der Waals surface area contributed by atoms with E-state index in [1.807, 2.05) is 23.9 Å². The zero-order valence-electron chi connectivity index (χ0n) is 9.43. The van der Waals surface area contributed by atoms with Gasteiger partial charge in [-0.15, -0.1) is 0 Å². The van der Waals surface area contributed by atoms with Crippen LogP contribution in [0.4, 0.5) is 0 Å². The van der Waals surface area contributed by atoms with Crippen molar-refractivity contribution in [2.75, 3.05) is 20.7 Å². The van der Waals surface area contributed by atoms with Crippen LogP contribution in [0, 0.1) is 0 Å². The van der Waals surface area contributed by atoms with Crippen molar-refractivity contribution < 1.29 is 14.1 Å². The summed E-state index contributed by atoms with van der Waals surface area (Å²) in [5.74, 6) is 0.0436. The summed E-state index contributed by atoms with van der Waals surface area (Å²) in [5.41, 5.74) is 0.701. The number of rotatable bonds is 4. The number of pyridine rings is 1. The van der Waals surface area contributed by atoms with Gasteiger partial charge in [0, 0.05) is 32.8 Å². The average Bonchev–Trinajstić information content (AvgIpc) is 2.28. The highest BCUT2D eigenvalue weighted by atomic mass is 16.5. The second kappa shape index (κ2) is 5.46. The molecule has 4 nitrogen and oxygen atoms in total. The van der Waals surface area contributed by atoms with Crippen molar-refractivity contribution in [3.8, 4) is 0 Å². The van der Waals surface area contributed by atoms with Crippen molar-refractivity contribution in [2.24, 2.45) is 0 Å². The molecule has 4 heteroatoms. The molecule has 1 aromatic heterocycles. The number of ether oxygens (including phenoxy) is 1. The summed E-state index contributed by atoms with van der Waals surface area (Å²) in [6, 6.07) is 3.60. The van der Waals surface area contributed by atoms with Crippen LogP contribution in [0.1, 0.15) is 17.3 Å². The number of amides is 1.